The Labute approximate surface area is 190 Å². The van der Waals surface area contributed by atoms with E-state index in [0.717, 1.165) is 44.0 Å². The van der Waals surface area contributed by atoms with Crippen LogP contribution in [0.25, 0.3) is 0 Å². The van der Waals surface area contributed by atoms with Crippen LogP contribution in [0.1, 0.15) is 17.5 Å². The van der Waals surface area contributed by atoms with Gasteiger partial charge in [0.15, 0.2) is 0 Å². The van der Waals surface area contributed by atoms with Crippen LogP contribution in [-0.4, -0.2) is 37.7 Å². The first-order chi connectivity index (χ1) is 14.8. The minimum absolute atomic E-state index is 0. The van der Waals surface area contributed by atoms with Crippen molar-refractivity contribution in [3.05, 3.63) is 83.9 Å². The molecule has 0 unspecified atom stereocenters. The lowest BCUT2D eigenvalue weighted by atomic mass is 10.1. The molecule has 4 nitrogen and oxygen atoms in total. The standard InChI is InChI=1S/C26H28N2O2.ClH/c1-29-23-12-10-20(11-13-23)14-16-27-17-15-22(18-27)28-24-7-3-2-6-21(24)19-30-26-9-5-4-8-25(26)28;/h2-13,22H,14-19H2,1H3;1H/t22-;/m0./s1. The molecular formula is C26H29ClN2O2. The van der Waals surface area contributed by atoms with Gasteiger partial charge in [-0.2, -0.15) is 0 Å². The van der Waals surface area contributed by atoms with E-state index in [4.69, 9.17) is 9.47 Å². The normalized spacial score (nSPS) is 17.7. The zero-order valence-corrected chi connectivity index (χ0v) is 18.7. The first kappa shape index (κ1) is 21.5. The van der Waals surface area contributed by atoms with Crippen molar-refractivity contribution in [3.63, 3.8) is 0 Å². The Morgan fingerprint density at radius 3 is 2.48 bits per heavy atom. The summed E-state index contributed by atoms with van der Waals surface area (Å²) >= 11 is 0. The number of likely N-dealkylation sites (tertiary alicyclic amines) is 1. The highest BCUT2D eigenvalue weighted by Crippen LogP contribution is 2.42. The van der Waals surface area contributed by atoms with E-state index in [1.54, 1.807) is 7.11 Å². The number of nitrogens with zero attached hydrogens (tertiary/aromatic N) is 2. The molecule has 1 fully saturated rings. The second kappa shape index (κ2) is 9.63. The molecule has 5 rings (SSSR count). The molecule has 0 bridgehead atoms. The van der Waals surface area contributed by atoms with Gasteiger partial charge < -0.3 is 19.3 Å². The first-order valence-corrected chi connectivity index (χ1v) is 10.8. The highest BCUT2D eigenvalue weighted by atomic mass is 35.5. The van der Waals surface area contributed by atoms with Gasteiger partial charge in [0.2, 0.25) is 0 Å². The minimum Gasteiger partial charge on any atom is -0.497 e. The van der Waals surface area contributed by atoms with E-state index < -0.39 is 0 Å². The second-order valence-corrected chi connectivity index (χ2v) is 8.10. The summed E-state index contributed by atoms with van der Waals surface area (Å²) in [6, 6.07) is 26.0. The van der Waals surface area contributed by atoms with E-state index in [1.807, 2.05) is 12.1 Å². The summed E-state index contributed by atoms with van der Waals surface area (Å²) in [6.45, 7) is 3.90. The van der Waals surface area contributed by atoms with E-state index in [-0.39, 0.29) is 12.4 Å². The number of anilines is 2. The van der Waals surface area contributed by atoms with Crippen molar-refractivity contribution < 1.29 is 9.47 Å². The van der Waals surface area contributed by atoms with Crippen molar-refractivity contribution in [2.24, 2.45) is 0 Å². The third-order valence-corrected chi connectivity index (χ3v) is 6.25. The predicted molar refractivity (Wildman–Crippen MR) is 128 cm³/mol. The monoisotopic (exact) mass is 436 g/mol. The van der Waals surface area contributed by atoms with Crippen LogP contribution >= 0.6 is 12.4 Å². The molecule has 1 saturated heterocycles. The quantitative estimate of drug-likeness (QED) is 0.529. The maximum Gasteiger partial charge on any atom is 0.143 e. The summed E-state index contributed by atoms with van der Waals surface area (Å²) in [4.78, 5) is 5.11. The van der Waals surface area contributed by atoms with E-state index in [9.17, 15) is 0 Å². The minimum atomic E-state index is 0. The van der Waals surface area contributed by atoms with Crippen molar-refractivity contribution in [3.8, 4) is 11.5 Å². The van der Waals surface area contributed by atoms with Crippen molar-refractivity contribution in [1.29, 1.82) is 0 Å². The third-order valence-electron chi connectivity index (χ3n) is 6.25. The van der Waals surface area contributed by atoms with Gasteiger partial charge in [-0.05, 0) is 48.7 Å². The zero-order chi connectivity index (χ0) is 20.3. The van der Waals surface area contributed by atoms with Crippen LogP contribution < -0.4 is 14.4 Å². The van der Waals surface area contributed by atoms with Crippen LogP contribution in [0.15, 0.2) is 72.8 Å². The van der Waals surface area contributed by atoms with Crippen molar-refractivity contribution in [1.82, 2.24) is 4.90 Å². The number of fused-ring (bicyclic) bond motifs is 2. The lowest BCUT2D eigenvalue weighted by molar-refractivity contribution is 0.310. The van der Waals surface area contributed by atoms with Crippen LogP contribution in [0.4, 0.5) is 11.4 Å². The first-order valence-electron chi connectivity index (χ1n) is 10.8. The summed E-state index contributed by atoms with van der Waals surface area (Å²) in [5, 5.41) is 0. The fraction of sp³-hybridized carbons (Fsp3) is 0.308. The molecule has 0 aromatic heterocycles. The van der Waals surface area contributed by atoms with Gasteiger partial charge in [0, 0.05) is 36.9 Å². The van der Waals surface area contributed by atoms with Crippen LogP contribution in [0, 0.1) is 0 Å². The maximum atomic E-state index is 6.15. The van der Waals surface area contributed by atoms with Gasteiger partial charge in [-0.1, -0.05) is 42.5 Å². The molecule has 3 aromatic carbocycles. The molecule has 0 radical (unpaired) electrons. The Balaban J connectivity index is 0.00000231. The van der Waals surface area contributed by atoms with Crippen LogP contribution in [-0.2, 0) is 13.0 Å². The van der Waals surface area contributed by atoms with Crippen molar-refractivity contribution in [2.75, 3.05) is 31.6 Å². The van der Waals surface area contributed by atoms with Crippen LogP contribution in [0.2, 0.25) is 0 Å². The SMILES string of the molecule is COc1ccc(CCN2CC[C@H](N3c4ccccc4COc4ccccc43)C2)cc1.Cl. The van der Waals surface area contributed by atoms with E-state index >= 15 is 0 Å². The molecule has 0 N–H and O–H groups in total. The fourth-order valence-corrected chi connectivity index (χ4v) is 4.63. The van der Waals surface area contributed by atoms with Crippen molar-refractivity contribution >= 4 is 23.8 Å². The lowest BCUT2D eigenvalue weighted by Gasteiger charge is -2.32. The van der Waals surface area contributed by atoms with E-state index in [0.29, 0.717) is 12.6 Å². The largest absolute Gasteiger partial charge is 0.497 e. The van der Waals surface area contributed by atoms with E-state index in [1.165, 1.54) is 22.5 Å². The molecule has 0 saturated carbocycles. The molecule has 2 heterocycles. The molecule has 2 aliphatic rings. The van der Waals surface area contributed by atoms with Crippen LogP contribution in [0.5, 0.6) is 11.5 Å². The Hall–Kier alpha value is -2.69. The second-order valence-electron chi connectivity index (χ2n) is 8.10. The summed E-state index contributed by atoms with van der Waals surface area (Å²) in [7, 11) is 1.71. The van der Waals surface area contributed by atoms with Gasteiger partial charge in [-0.25, -0.2) is 0 Å². The molecule has 0 amide bonds. The molecule has 3 aromatic rings. The lowest BCUT2D eigenvalue weighted by Crippen LogP contribution is -2.35. The average molecular weight is 437 g/mol. The highest BCUT2D eigenvalue weighted by Gasteiger charge is 2.32. The Morgan fingerprint density at radius 2 is 1.68 bits per heavy atom. The number of hydrogen-bond donors (Lipinski definition) is 0. The number of para-hydroxylation sites is 3. The van der Waals surface area contributed by atoms with E-state index in [2.05, 4.69) is 70.5 Å². The topological polar surface area (TPSA) is 24.9 Å². The zero-order valence-electron chi connectivity index (χ0n) is 17.9. The molecule has 1 atom stereocenters. The predicted octanol–water partition coefficient (Wildman–Crippen LogP) is 5.46. The van der Waals surface area contributed by atoms with Gasteiger partial charge in [0.05, 0.1) is 12.8 Å². The summed E-state index contributed by atoms with van der Waals surface area (Å²) in [5.41, 5.74) is 5.08. The number of methoxy groups -OCH3 is 1. The molecular weight excluding hydrogens is 408 g/mol. The molecule has 5 heteroatoms. The fourth-order valence-electron chi connectivity index (χ4n) is 4.63. The maximum absolute atomic E-state index is 6.15. The van der Waals surface area contributed by atoms with Gasteiger partial charge in [-0.15, -0.1) is 12.4 Å². The number of rotatable bonds is 5. The Morgan fingerprint density at radius 1 is 0.935 bits per heavy atom. The average Bonchev–Trinajstić information content (AvgIpc) is 3.20. The molecule has 162 valence electrons. The van der Waals surface area contributed by atoms with Crippen molar-refractivity contribution in [2.45, 2.75) is 25.5 Å². The summed E-state index contributed by atoms with van der Waals surface area (Å²) < 4.78 is 11.4. The van der Waals surface area contributed by atoms with Gasteiger partial charge in [0.1, 0.15) is 18.1 Å². The highest BCUT2D eigenvalue weighted by molar-refractivity contribution is 5.85. The number of halogens is 1. The number of ether oxygens (including phenoxy) is 2. The van der Waals surface area contributed by atoms with Crippen LogP contribution in [0.3, 0.4) is 0 Å². The van der Waals surface area contributed by atoms with Gasteiger partial charge in [-0.3, -0.25) is 0 Å². The molecule has 2 aliphatic heterocycles. The van der Waals surface area contributed by atoms with Gasteiger partial charge in [0.25, 0.3) is 0 Å². The summed E-state index contributed by atoms with van der Waals surface area (Å²) in [5.74, 6) is 1.89. The molecule has 31 heavy (non-hydrogen) atoms. The smallest absolute Gasteiger partial charge is 0.143 e. The summed E-state index contributed by atoms with van der Waals surface area (Å²) in [6.07, 6.45) is 2.22. The molecule has 0 spiro atoms. The Bertz CT molecular complexity index is 961. The Kier molecular flexibility index (Phi) is 6.69. The van der Waals surface area contributed by atoms with Gasteiger partial charge >= 0.3 is 0 Å². The number of benzene rings is 3. The molecule has 0 aliphatic carbocycles. The number of hydrogen-bond acceptors (Lipinski definition) is 4. The third kappa shape index (κ3) is 4.51.